The number of carboxylic acids is 1. The number of fused-ring (bicyclic) bond motifs is 1. The van der Waals surface area contributed by atoms with E-state index in [9.17, 15) is 14.7 Å². The van der Waals surface area contributed by atoms with Crippen molar-refractivity contribution in [3.05, 3.63) is 57.7 Å². The summed E-state index contributed by atoms with van der Waals surface area (Å²) in [6, 6.07) is 12.4. The minimum absolute atomic E-state index is 0.0782. The van der Waals surface area contributed by atoms with Crippen molar-refractivity contribution in [2.45, 2.75) is 4.90 Å². The molecule has 1 amide bonds. The Labute approximate surface area is 160 Å². The average Bonchev–Trinajstić information content (AvgIpc) is 2.94. The van der Waals surface area contributed by atoms with E-state index >= 15 is 0 Å². The second kappa shape index (κ2) is 7.51. The summed E-state index contributed by atoms with van der Waals surface area (Å²) in [5.41, 5.74) is 0.385. The molecule has 0 fully saturated rings. The molecule has 1 aromatic heterocycles. The number of carboxylic acid groups (broad SMARTS) is 1. The molecule has 3 rings (SSSR count). The molecule has 0 aliphatic rings. The Hall–Kier alpha value is -1.96. The van der Waals surface area contributed by atoms with Crippen molar-refractivity contribution in [2.75, 3.05) is 11.1 Å². The van der Waals surface area contributed by atoms with Gasteiger partial charge in [0.05, 0.1) is 16.2 Å². The smallest absolute Gasteiger partial charge is 0.374 e. The van der Waals surface area contributed by atoms with Gasteiger partial charge in [0.25, 0.3) is 0 Å². The Kier molecular flexibility index (Phi) is 5.36. The minimum Gasteiger partial charge on any atom is -0.475 e. The summed E-state index contributed by atoms with van der Waals surface area (Å²) in [5, 5.41) is 12.6. The zero-order chi connectivity index (χ0) is 18.0. The van der Waals surface area contributed by atoms with Gasteiger partial charge in [0.1, 0.15) is 11.3 Å². The van der Waals surface area contributed by atoms with Crippen LogP contribution in [0.15, 0.2) is 56.2 Å². The molecule has 0 bridgehead atoms. The summed E-state index contributed by atoms with van der Waals surface area (Å²) in [7, 11) is 0. The molecule has 0 atom stereocenters. The van der Waals surface area contributed by atoms with E-state index in [-0.39, 0.29) is 23.1 Å². The number of carbonyl (C=O) groups is 2. The number of hydrogen-bond acceptors (Lipinski definition) is 4. The van der Waals surface area contributed by atoms with Gasteiger partial charge in [-0.05, 0) is 36.4 Å². The molecule has 0 spiro atoms. The number of furan rings is 1. The lowest BCUT2D eigenvalue weighted by atomic mass is 10.2. The third kappa shape index (κ3) is 4.00. The molecule has 5 nitrogen and oxygen atoms in total. The molecule has 2 aromatic carbocycles. The zero-order valence-corrected chi connectivity index (χ0v) is 15.7. The van der Waals surface area contributed by atoms with Gasteiger partial charge >= 0.3 is 5.97 Å². The van der Waals surface area contributed by atoms with E-state index in [4.69, 9.17) is 16.0 Å². The van der Waals surface area contributed by atoms with E-state index in [1.807, 2.05) is 24.3 Å². The molecule has 25 heavy (non-hydrogen) atoms. The molecule has 0 unspecified atom stereocenters. The number of benzene rings is 2. The van der Waals surface area contributed by atoms with Gasteiger partial charge in [0, 0.05) is 9.37 Å². The Morgan fingerprint density at radius 3 is 2.60 bits per heavy atom. The van der Waals surface area contributed by atoms with Crippen LogP contribution in [0.2, 0.25) is 5.02 Å². The maximum Gasteiger partial charge on any atom is 0.374 e. The van der Waals surface area contributed by atoms with Crippen molar-refractivity contribution in [2.24, 2.45) is 0 Å². The standard InChI is InChI=1S/C17H11BrClNO4S/c18-9-4-6-10(7-5-9)25-8-13(21)20-15-14-11(19)2-1-3-12(14)24-16(15)17(22)23/h1-7H,8H2,(H,20,21)(H,22,23). The van der Waals surface area contributed by atoms with Crippen LogP contribution >= 0.6 is 39.3 Å². The molecule has 0 radical (unpaired) electrons. The van der Waals surface area contributed by atoms with Crippen LogP contribution in [0.4, 0.5) is 5.69 Å². The number of carbonyl (C=O) groups excluding carboxylic acids is 1. The number of halogens is 2. The third-order valence-corrected chi connectivity index (χ3v) is 5.16. The normalized spacial score (nSPS) is 10.8. The first-order chi connectivity index (χ1) is 12.0. The van der Waals surface area contributed by atoms with Gasteiger partial charge in [0.2, 0.25) is 11.7 Å². The number of aromatic carboxylic acids is 1. The Balaban J connectivity index is 1.81. The fraction of sp³-hybridized carbons (Fsp3) is 0.0588. The molecule has 0 aliphatic carbocycles. The Bertz CT molecular complexity index is 955. The first kappa shape index (κ1) is 17.8. The molecule has 0 saturated heterocycles. The fourth-order valence-electron chi connectivity index (χ4n) is 2.23. The van der Waals surface area contributed by atoms with Crippen LogP contribution in [0.5, 0.6) is 0 Å². The number of anilines is 1. The van der Waals surface area contributed by atoms with Crippen LogP contribution in [0, 0.1) is 0 Å². The van der Waals surface area contributed by atoms with Crippen molar-refractivity contribution < 1.29 is 19.1 Å². The summed E-state index contributed by atoms with van der Waals surface area (Å²) in [4.78, 5) is 24.6. The molecule has 0 saturated carbocycles. The van der Waals surface area contributed by atoms with Crippen LogP contribution < -0.4 is 5.32 Å². The fourth-order valence-corrected chi connectivity index (χ4v) is 3.45. The molecule has 0 aliphatic heterocycles. The number of rotatable bonds is 5. The summed E-state index contributed by atoms with van der Waals surface area (Å²) >= 11 is 10.8. The summed E-state index contributed by atoms with van der Waals surface area (Å²) in [6.45, 7) is 0. The van der Waals surface area contributed by atoms with E-state index in [0.29, 0.717) is 16.0 Å². The van der Waals surface area contributed by atoms with Crippen LogP contribution in [-0.2, 0) is 4.79 Å². The lowest BCUT2D eigenvalue weighted by Crippen LogP contribution is -2.15. The van der Waals surface area contributed by atoms with Crippen molar-refractivity contribution in [1.82, 2.24) is 0 Å². The number of thioether (sulfide) groups is 1. The second-order valence-corrected chi connectivity index (χ2v) is 7.39. The monoisotopic (exact) mass is 439 g/mol. The highest BCUT2D eigenvalue weighted by molar-refractivity contribution is 9.10. The minimum atomic E-state index is -1.27. The SMILES string of the molecule is O=C(CSc1ccc(Br)cc1)Nc1c(C(=O)O)oc2cccc(Cl)c12. The summed E-state index contributed by atoms with van der Waals surface area (Å²) < 4.78 is 6.26. The van der Waals surface area contributed by atoms with Crippen LogP contribution in [0.3, 0.4) is 0 Å². The molecule has 8 heteroatoms. The highest BCUT2D eigenvalue weighted by Gasteiger charge is 2.23. The lowest BCUT2D eigenvalue weighted by molar-refractivity contribution is -0.113. The predicted octanol–water partition coefficient (Wildman–Crippen LogP) is 5.28. The van der Waals surface area contributed by atoms with Gasteiger partial charge in [-0.2, -0.15) is 0 Å². The predicted molar refractivity (Wildman–Crippen MR) is 102 cm³/mol. The topological polar surface area (TPSA) is 79.5 Å². The molecule has 2 N–H and O–H groups in total. The Morgan fingerprint density at radius 1 is 1.20 bits per heavy atom. The van der Waals surface area contributed by atoms with Crippen molar-refractivity contribution in [3.63, 3.8) is 0 Å². The van der Waals surface area contributed by atoms with E-state index in [1.165, 1.54) is 11.8 Å². The van der Waals surface area contributed by atoms with Gasteiger partial charge in [-0.25, -0.2) is 4.79 Å². The molecular weight excluding hydrogens is 430 g/mol. The van der Waals surface area contributed by atoms with Crippen LogP contribution in [0.1, 0.15) is 10.6 Å². The maximum atomic E-state index is 12.3. The van der Waals surface area contributed by atoms with Gasteiger partial charge in [0.15, 0.2) is 0 Å². The third-order valence-electron chi connectivity index (χ3n) is 3.31. The first-order valence-electron chi connectivity index (χ1n) is 7.08. The Morgan fingerprint density at radius 2 is 1.92 bits per heavy atom. The van der Waals surface area contributed by atoms with Crippen molar-refractivity contribution in [3.8, 4) is 0 Å². The van der Waals surface area contributed by atoms with Crippen molar-refractivity contribution in [1.29, 1.82) is 0 Å². The highest BCUT2D eigenvalue weighted by Crippen LogP contribution is 2.36. The van der Waals surface area contributed by atoms with E-state index in [2.05, 4.69) is 21.2 Å². The molecule has 1 heterocycles. The van der Waals surface area contributed by atoms with E-state index in [0.717, 1.165) is 9.37 Å². The average molecular weight is 441 g/mol. The van der Waals surface area contributed by atoms with Gasteiger partial charge < -0.3 is 14.8 Å². The molecule has 128 valence electrons. The number of nitrogens with one attached hydrogen (secondary N) is 1. The van der Waals surface area contributed by atoms with Crippen LogP contribution in [0.25, 0.3) is 11.0 Å². The quantitative estimate of drug-likeness (QED) is 0.528. The first-order valence-corrected chi connectivity index (χ1v) is 9.24. The van der Waals surface area contributed by atoms with Gasteiger partial charge in [-0.3, -0.25) is 4.79 Å². The highest BCUT2D eigenvalue weighted by atomic mass is 79.9. The van der Waals surface area contributed by atoms with E-state index < -0.39 is 5.97 Å². The molecule has 3 aromatic rings. The van der Waals surface area contributed by atoms with Gasteiger partial charge in [-0.1, -0.05) is 33.6 Å². The van der Waals surface area contributed by atoms with Crippen LogP contribution in [-0.4, -0.2) is 22.7 Å². The maximum absolute atomic E-state index is 12.3. The summed E-state index contributed by atoms with van der Waals surface area (Å²) in [5.74, 6) is -1.84. The lowest BCUT2D eigenvalue weighted by Gasteiger charge is -2.05. The number of amides is 1. The van der Waals surface area contributed by atoms with E-state index in [1.54, 1.807) is 18.2 Å². The molecular formula is C17H11BrClNO4S. The van der Waals surface area contributed by atoms with Crippen molar-refractivity contribution >= 4 is 67.8 Å². The second-order valence-electron chi connectivity index (χ2n) is 5.02. The zero-order valence-electron chi connectivity index (χ0n) is 12.6. The number of hydrogen-bond donors (Lipinski definition) is 2. The summed E-state index contributed by atoms with van der Waals surface area (Å²) in [6.07, 6.45) is 0. The van der Waals surface area contributed by atoms with Gasteiger partial charge in [-0.15, -0.1) is 11.8 Å². The largest absolute Gasteiger partial charge is 0.475 e.